The quantitative estimate of drug-likeness (QED) is 0.818. The summed E-state index contributed by atoms with van der Waals surface area (Å²) in [7, 11) is 5.61. The fraction of sp³-hybridized carbons (Fsp3) is 0.667. The molecule has 1 aliphatic heterocycles. The van der Waals surface area contributed by atoms with E-state index in [1.807, 2.05) is 42.1 Å². The van der Waals surface area contributed by atoms with E-state index < -0.39 is 0 Å². The molecule has 0 spiro atoms. The van der Waals surface area contributed by atoms with Gasteiger partial charge in [0.25, 0.3) is 0 Å². The molecule has 2 fully saturated rings. The largest absolute Gasteiger partial charge is 0.474 e. The predicted molar refractivity (Wildman–Crippen MR) is 90.9 cm³/mol. The van der Waals surface area contributed by atoms with E-state index in [4.69, 9.17) is 9.47 Å². The fourth-order valence-electron chi connectivity index (χ4n) is 4.02. The van der Waals surface area contributed by atoms with Crippen LogP contribution >= 0.6 is 0 Å². The molecule has 0 unspecified atom stereocenters. The van der Waals surface area contributed by atoms with E-state index >= 15 is 0 Å². The van der Waals surface area contributed by atoms with Crippen molar-refractivity contribution in [3.05, 3.63) is 24.4 Å². The number of hydrogen-bond acceptors (Lipinski definition) is 5. The standard InChI is InChI=1S/C18H27N3O3/c1-20(2)13-17(22)21-11-9-18(23-3)8-7-14(12-15(18)21)24-16-6-4-5-10-19-16/h4-6,10,14-15H,7-9,11-13H2,1-3H3/t14-,15+,18-/m1/s1. The zero-order chi connectivity index (χ0) is 17.2. The van der Waals surface area contributed by atoms with Crippen molar-refractivity contribution in [1.29, 1.82) is 0 Å². The molecule has 0 aromatic carbocycles. The monoisotopic (exact) mass is 333 g/mol. The zero-order valence-corrected chi connectivity index (χ0v) is 14.8. The summed E-state index contributed by atoms with van der Waals surface area (Å²) in [6, 6.07) is 5.76. The second-order valence-corrected chi connectivity index (χ2v) is 7.04. The second kappa shape index (κ2) is 7.07. The van der Waals surface area contributed by atoms with Crippen LogP contribution in [0.15, 0.2) is 24.4 Å². The van der Waals surface area contributed by atoms with Gasteiger partial charge in [-0.3, -0.25) is 4.79 Å². The molecule has 0 radical (unpaired) electrons. The smallest absolute Gasteiger partial charge is 0.237 e. The van der Waals surface area contributed by atoms with Crippen LogP contribution in [0.2, 0.25) is 0 Å². The Morgan fingerprint density at radius 2 is 2.25 bits per heavy atom. The lowest BCUT2D eigenvalue weighted by Crippen LogP contribution is -2.54. The first kappa shape index (κ1) is 17.2. The molecule has 132 valence electrons. The van der Waals surface area contributed by atoms with Crippen LogP contribution in [0.3, 0.4) is 0 Å². The summed E-state index contributed by atoms with van der Waals surface area (Å²) in [5.41, 5.74) is -0.216. The molecule has 6 heteroatoms. The minimum absolute atomic E-state index is 0.0703. The van der Waals surface area contributed by atoms with Crippen LogP contribution in [0.25, 0.3) is 0 Å². The van der Waals surface area contributed by atoms with Crippen molar-refractivity contribution in [3.8, 4) is 5.88 Å². The third-order valence-corrected chi connectivity index (χ3v) is 5.24. The summed E-state index contributed by atoms with van der Waals surface area (Å²) in [6.45, 7) is 1.20. The Hall–Kier alpha value is -1.66. The normalized spacial score (nSPS) is 29.6. The molecule has 2 heterocycles. The van der Waals surface area contributed by atoms with E-state index in [0.29, 0.717) is 12.4 Å². The lowest BCUT2D eigenvalue weighted by molar-refractivity contribution is -0.139. The lowest BCUT2D eigenvalue weighted by Gasteiger charge is -2.43. The Kier molecular flexibility index (Phi) is 5.06. The van der Waals surface area contributed by atoms with Crippen molar-refractivity contribution in [2.75, 3.05) is 34.3 Å². The van der Waals surface area contributed by atoms with E-state index in [1.165, 1.54) is 0 Å². The summed E-state index contributed by atoms with van der Waals surface area (Å²) in [4.78, 5) is 20.8. The highest BCUT2D eigenvalue weighted by atomic mass is 16.5. The average molecular weight is 333 g/mol. The minimum atomic E-state index is -0.216. The third-order valence-electron chi connectivity index (χ3n) is 5.24. The molecule has 1 aromatic rings. The second-order valence-electron chi connectivity index (χ2n) is 7.04. The number of pyridine rings is 1. The van der Waals surface area contributed by atoms with Gasteiger partial charge in [-0.15, -0.1) is 0 Å². The number of ether oxygens (including phenoxy) is 2. The Morgan fingerprint density at radius 1 is 1.42 bits per heavy atom. The molecule has 0 bridgehead atoms. The first-order valence-corrected chi connectivity index (χ1v) is 8.61. The molecule has 3 rings (SSSR count). The van der Waals surface area contributed by atoms with E-state index in [-0.39, 0.29) is 23.7 Å². The molecule has 2 aliphatic rings. The van der Waals surface area contributed by atoms with Crippen LogP contribution in [0, 0.1) is 0 Å². The van der Waals surface area contributed by atoms with Crippen molar-refractivity contribution in [3.63, 3.8) is 0 Å². The minimum Gasteiger partial charge on any atom is -0.474 e. The maximum Gasteiger partial charge on any atom is 0.237 e. The molecule has 1 aliphatic carbocycles. The van der Waals surface area contributed by atoms with Crippen LogP contribution in [0.4, 0.5) is 0 Å². The maximum atomic E-state index is 12.6. The van der Waals surface area contributed by atoms with Crippen molar-refractivity contribution < 1.29 is 14.3 Å². The maximum absolute atomic E-state index is 12.6. The van der Waals surface area contributed by atoms with Gasteiger partial charge in [0.05, 0.1) is 18.2 Å². The lowest BCUT2D eigenvalue weighted by atomic mass is 9.79. The van der Waals surface area contributed by atoms with Crippen LogP contribution in [0.1, 0.15) is 25.7 Å². The SMILES string of the molecule is CO[C@@]12CC[C@@H](Oc3ccccn3)C[C@@H]1N(C(=O)CN(C)C)CC2. The Morgan fingerprint density at radius 3 is 2.92 bits per heavy atom. The number of likely N-dealkylation sites (tertiary alicyclic amines) is 1. The van der Waals surface area contributed by atoms with Gasteiger partial charge in [0.1, 0.15) is 6.10 Å². The fourth-order valence-corrected chi connectivity index (χ4v) is 4.02. The Balaban J connectivity index is 1.72. The predicted octanol–water partition coefficient (Wildman–Crippen LogP) is 1.56. The van der Waals surface area contributed by atoms with Gasteiger partial charge in [-0.1, -0.05) is 6.07 Å². The highest BCUT2D eigenvalue weighted by molar-refractivity contribution is 5.79. The molecule has 6 nitrogen and oxygen atoms in total. The van der Waals surface area contributed by atoms with Crippen LogP contribution in [0.5, 0.6) is 5.88 Å². The number of rotatable bonds is 5. The molecule has 1 saturated heterocycles. The number of aromatic nitrogens is 1. The van der Waals surface area contributed by atoms with Crippen molar-refractivity contribution in [2.24, 2.45) is 0 Å². The number of fused-ring (bicyclic) bond motifs is 1. The number of carbonyl (C=O) groups excluding carboxylic acids is 1. The van der Waals surface area contributed by atoms with Crippen LogP contribution in [-0.2, 0) is 9.53 Å². The summed E-state index contributed by atoms with van der Waals surface area (Å²) < 4.78 is 12.0. The van der Waals surface area contributed by atoms with Crippen molar-refractivity contribution in [1.82, 2.24) is 14.8 Å². The average Bonchev–Trinajstić information content (AvgIpc) is 2.95. The van der Waals surface area contributed by atoms with Crippen molar-refractivity contribution >= 4 is 5.91 Å². The number of methoxy groups -OCH3 is 1. The van der Waals surface area contributed by atoms with Gasteiger partial charge in [-0.2, -0.15) is 0 Å². The highest BCUT2D eigenvalue weighted by Crippen LogP contribution is 2.43. The number of carbonyl (C=O) groups is 1. The molecule has 3 atom stereocenters. The topological polar surface area (TPSA) is 54.9 Å². The summed E-state index contributed by atoms with van der Waals surface area (Å²) >= 11 is 0. The molecule has 1 amide bonds. The van der Waals surface area contributed by atoms with Gasteiger partial charge in [-0.25, -0.2) is 4.98 Å². The van der Waals surface area contributed by atoms with E-state index in [0.717, 1.165) is 32.2 Å². The number of hydrogen-bond donors (Lipinski definition) is 0. The number of amides is 1. The highest BCUT2D eigenvalue weighted by Gasteiger charge is 2.52. The Bertz CT molecular complexity index is 566. The number of likely N-dealkylation sites (N-methyl/N-ethyl adjacent to an activating group) is 1. The number of nitrogens with zero attached hydrogens (tertiary/aromatic N) is 3. The Labute approximate surface area is 143 Å². The summed E-state index contributed by atoms with van der Waals surface area (Å²) in [5, 5.41) is 0. The van der Waals surface area contributed by atoms with E-state index in [9.17, 15) is 4.79 Å². The molecular formula is C18H27N3O3. The van der Waals surface area contributed by atoms with Crippen LogP contribution < -0.4 is 4.74 Å². The molecule has 0 N–H and O–H groups in total. The van der Waals surface area contributed by atoms with Gasteiger partial charge >= 0.3 is 0 Å². The van der Waals surface area contributed by atoms with Gasteiger partial charge in [0, 0.05) is 32.3 Å². The first-order chi connectivity index (χ1) is 11.5. The summed E-state index contributed by atoms with van der Waals surface area (Å²) in [5.74, 6) is 0.819. The van der Waals surface area contributed by atoms with Gasteiger partial charge < -0.3 is 19.3 Å². The van der Waals surface area contributed by atoms with Gasteiger partial charge in [0.2, 0.25) is 11.8 Å². The van der Waals surface area contributed by atoms with Crippen LogP contribution in [-0.4, -0.2) is 72.7 Å². The molecule has 24 heavy (non-hydrogen) atoms. The first-order valence-electron chi connectivity index (χ1n) is 8.61. The summed E-state index contributed by atoms with van der Waals surface area (Å²) in [6.07, 6.45) is 5.35. The third kappa shape index (κ3) is 3.39. The molecular weight excluding hydrogens is 306 g/mol. The van der Waals surface area contributed by atoms with E-state index in [2.05, 4.69) is 4.98 Å². The van der Waals surface area contributed by atoms with Gasteiger partial charge in [0.15, 0.2) is 0 Å². The zero-order valence-electron chi connectivity index (χ0n) is 14.8. The van der Waals surface area contributed by atoms with E-state index in [1.54, 1.807) is 13.3 Å². The molecule has 1 saturated carbocycles. The molecule has 1 aromatic heterocycles. The van der Waals surface area contributed by atoms with Gasteiger partial charge in [-0.05, 0) is 39.4 Å². The van der Waals surface area contributed by atoms with Crippen molar-refractivity contribution in [2.45, 2.75) is 43.4 Å².